The number of ether oxygens (including phenoxy) is 1. The van der Waals surface area contributed by atoms with Crippen LogP contribution in [0.25, 0.3) is 0 Å². The molecule has 2 heterocycles. The van der Waals surface area contributed by atoms with Gasteiger partial charge >= 0.3 is 0 Å². The Hall–Kier alpha value is -2.11. The maximum absolute atomic E-state index is 12.7. The van der Waals surface area contributed by atoms with Crippen LogP contribution in [-0.2, 0) is 4.74 Å². The summed E-state index contributed by atoms with van der Waals surface area (Å²) in [5.74, 6) is 0.824. The second-order valence-corrected chi connectivity index (χ2v) is 7.91. The highest BCUT2D eigenvalue weighted by Crippen LogP contribution is 2.51. The smallest absolute Gasteiger partial charge is 0.253 e. The third-order valence-corrected chi connectivity index (χ3v) is 6.52. The number of fused-ring (bicyclic) bond motifs is 3. The quantitative estimate of drug-likeness (QED) is 0.612. The van der Waals surface area contributed by atoms with E-state index < -0.39 is 0 Å². The van der Waals surface area contributed by atoms with Gasteiger partial charge in [0.2, 0.25) is 0 Å². The van der Waals surface area contributed by atoms with Crippen LogP contribution in [0.3, 0.4) is 0 Å². The molecule has 26 heavy (non-hydrogen) atoms. The van der Waals surface area contributed by atoms with Gasteiger partial charge in [-0.25, -0.2) is 0 Å². The first-order valence-corrected chi connectivity index (χ1v) is 9.96. The Kier molecular flexibility index (Phi) is 4.83. The van der Waals surface area contributed by atoms with Crippen molar-refractivity contribution in [3.05, 3.63) is 63.4 Å². The number of allylic oxidation sites excluding steroid dienone is 2. The molecule has 4 rings (SSSR count). The van der Waals surface area contributed by atoms with Crippen LogP contribution in [-0.4, -0.2) is 26.2 Å². The van der Waals surface area contributed by atoms with E-state index in [1.165, 1.54) is 16.0 Å². The van der Waals surface area contributed by atoms with Crippen molar-refractivity contribution in [1.82, 2.24) is 5.32 Å². The molecule has 0 spiro atoms. The Bertz CT molecular complexity index is 842. The number of benzene rings is 1. The van der Waals surface area contributed by atoms with Gasteiger partial charge in [-0.15, -0.1) is 11.3 Å². The van der Waals surface area contributed by atoms with Crippen LogP contribution >= 0.6 is 11.3 Å². The summed E-state index contributed by atoms with van der Waals surface area (Å²) in [4.78, 5) is 14.1. The van der Waals surface area contributed by atoms with Crippen LogP contribution in [0, 0.1) is 12.8 Å². The summed E-state index contributed by atoms with van der Waals surface area (Å²) in [6.07, 6.45) is 5.67. The number of hydrogen-bond donors (Lipinski definition) is 2. The number of para-hydroxylation sites is 1. The molecular formula is C21H24N2O2S. The van der Waals surface area contributed by atoms with Crippen LogP contribution < -0.4 is 10.6 Å². The van der Waals surface area contributed by atoms with Crippen molar-refractivity contribution in [2.75, 3.05) is 25.6 Å². The number of hydrogen-bond acceptors (Lipinski definition) is 4. The number of nitrogens with one attached hydrogen (secondary N) is 2. The van der Waals surface area contributed by atoms with Crippen molar-refractivity contribution in [1.29, 1.82) is 0 Å². The number of rotatable bonds is 5. The zero-order valence-corrected chi connectivity index (χ0v) is 15.9. The lowest BCUT2D eigenvalue weighted by Crippen LogP contribution is -2.32. The average Bonchev–Trinajstić information content (AvgIpc) is 3.30. The van der Waals surface area contributed by atoms with Gasteiger partial charge in [0.25, 0.3) is 5.91 Å². The van der Waals surface area contributed by atoms with Gasteiger partial charge in [-0.3, -0.25) is 4.79 Å². The van der Waals surface area contributed by atoms with Gasteiger partial charge in [0.15, 0.2) is 0 Å². The van der Waals surface area contributed by atoms with Crippen molar-refractivity contribution in [3.8, 4) is 0 Å². The predicted octanol–water partition coefficient (Wildman–Crippen LogP) is 4.26. The lowest BCUT2D eigenvalue weighted by atomic mass is 9.77. The lowest BCUT2D eigenvalue weighted by Gasteiger charge is -2.38. The molecule has 1 aliphatic carbocycles. The number of aryl methyl sites for hydroxylation is 1. The van der Waals surface area contributed by atoms with Crippen LogP contribution in [0.2, 0.25) is 0 Å². The van der Waals surface area contributed by atoms with Gasteiger partial charge in [-0.1, -0.05) is 24.3 Å². The fourth-order valence-corrected chi connectivity index (χ4v) is 5.19. The molecule has 0 radical (unpaired) electrons. The Labute approximate surface area is 158 Å². The number of carbonyl (C=O) groups excluding carboxylic acids is 1. The van der Waals surface area contributed by atoms with Crippen molar-refractivity contribution in [2.24, 2.45) is 5.92 Å². The molecule has 1 aliphatic heterocycles. The molecular weight excluding hydrogens is 344 g/mol. The van der Waals surface area contributed by atoms with E-state index in [9.17, 15) is 4.79 Å². The number of thiophene rings is 1. The summed E-state index contributed by atoms with van der Waals surface area (Å²) < 4.78 is 5.04. The molecule has 0 saturated carbocycles. The zero-order chi connectivity index (χ0) is 18.1. The highest BCUT2D eigenvalue weighted by molar-refractivity contribution is 7.10. The van der Waals surface area contributed by atoms with Crippen LogP contribution in [0.15, 0.2) is 41.8 Å². The maximum Gasteiger partial charge on any atom is 0.253 e. The SMILES string of the molecule is COCCNC(=O)c1cccc2c1NC(c1sccc1C)C1CC=CC21. The topological polar surface area (TPSA) is 50.4 Å². The van der Waals surface area contributed by atoms with Gasteiger partial charge in [0.1, 0.15) is 0 Å². The minimum absolute atomic E-state index is 0.0477. The molecule has 1 amide bonds. The Morgan fingerprint density at radius 3 is 3.04 bits per heavy atom. The molecule has 3 atom stereocenters. The molecule has 2 aliphatic rings. The highest BCUT2D eigenvalue weighted by atomic mass is 32.1. The van der Waals surface area contributed by atoms with E-state index in [0.29, 0.717) is 25.0 Å². The lowest BCUT2D eigenvalue weighted by molar-refractivity contribution is 0.0937. The average molecular weight is 369 g/mol. The second-order valence-electron chi connectivity index (χ2n) is 6.96. The zero-order valence-electron chi connectivity index (χ0n) is 15.1. The van der Waals surface area contributed by atoms with Crippen LogP contribution in [0.5, 0.6) is 0 Å². The van der Waals surface area contributed by atoms with E-state index in [-0.39, 0.29) is 11.9 Å². The predicted molar refractivity (Wildman–Crippen MR) is 106 cm³/mol. The first-order valence-electron chi connectivity index (χ1n) is 9.08. The number of amides is 1. The summed E-state index contributed by atoms with van der Waals surface area (Å²) in [6.45, 7) is 3.20. The molecule has 1 aromatic heterocycles. The summed E-state index contributed by atoms with van der Waals surface area (Å²) in [6, 6.07) is 8.48. The number of methoxy groups -OCH3 is 1. The molecule has 0 saturated heterocycles. The van der Waals surface area contributed by atoms with E-state index in [4.69, 9.17) is 4.74 Å². The molecule has 4 nitrogen and oxygen atoms in total. The first kappa shape index (κ1) is 17.3. The van der Waals surface area contributed by atoms with E-state index in [0.717, 1.165) is 17.7 Å². The standard InChI is InChI=1S/C21H24N2O2S/c1-13-9-12-26-20(13)19-16-7-3-5-14(16)15-6-4-8-17(18(15)23-19)21(24)22-10-11-25-2/h3-6,8-9,12,14,16,19,23H,7,10-11H2,1-2H3,(H,22,24). The van der Waals surface area contributed by atoms with Crippen molar-refractivity contribution < 1.29 is 9.53 Å². The van der Waals surface area contributed by atoms with Crippen molar-refractivity contribution in [3.63, 3.8) is 0 Å². The molecule has 1 aromatic carbocycles. The van der Waals surface area contributed by atoms with E-state index in [1.54, 1.807) is 18.4 Å². The van der Waals surface area contributed by atoms with E-state index in [2.05, 4.69) is 47.2 Å². The van der Waals surface area contributed by atoms with E-state index in [1.807, 2.05) is 12.1 Å². The normalized spacial score (nSPS) is 23.2. The molecule has 5 heteroatoms. The fourth-order valence-electron chi connectivity index (χ4n) is 4.14. The van der Waals surface area contributed by atoms with Crippen LogP contribution in [0.4, 0.5) is 5.69 Å². The third kappa shape index (κ3) is 2.95. The molecule has 0 bridgehead atoms. The maximum atomic E-state index is 12.7. The Morgan fingerprint density at radius 1 is 1.38 bits per heavy atom. The van der Waals surface area contributed by atoms with Crippen molar-refractivity contribution in [2.45, 2.75) is 25.3 Å². The summed E-state index contributed by atoms with van der Waals surface area (Å²) in [7, 11) is 1.64. The summed E-state index contributed by atoms with van der Waals surface area (Å²) in [5, 5.41) is 8.84. The van der Waals surface area contributed by atoms with Gasteiger partial charge in [0.05, 0.1) is 23.9 Å². The largest absolute Gasteiger partial charge is 0.383 e. The Morgan fingerprint density at radius 2 is 2.27 bits per heavy atom. The minimum Gasteiger partial charge on any atom is -0.383 e. The van der Waals surface area contributed by atoms with Gasteiger partial charge in [-0.05, 0) is 47.9 Å². The van der Waals surface area contributed by atoms with Gasteiger partial charge < -0.3 is 15.4 Å². The highest BCUT2D eigenvalue weighted by Gasteiger charge is 2.40. The fraction of sp³-hybridized carbons (Fsp3) is 0.381. The second kappa shape index (κ2) is 7.25. The number of carbonyl (C=O) groups is 1. The summed E-state index contributed by atoms with van der Waals surface area (Å²) in [5.41, 5.74) is 4.25. The Balaban J connectivity index is 1.71. The molecule has 0 fully saturated rings. The minimum atomic E-state index is -0.0477. The summed E-state index contributed by atoms with van der Waals surface area (Å²) >= 11 is 1.80. The molecule has 2 N–H and O–H groups in total. The van der Waals surface area contributed by atoms with Crippen molar-refractivity contribution >= 4 is 22.9 Å². The van der Waals surface area contributed by atoms with Gasteiger partial charge in [0, 0.05) is 24.4 Å². The van der Waals surface area contributed by atoms with E-state index >= 15 is 0 Å². The third-order valence-electron chi connectivity index (χ3n) is 5.42. The molecule has 3 unspecified atom stereocenters. The van der Waals surface area contributed by atoms with Gasteiger partial charge in [-0.2, -0.15) is 0 Å². The monoisotopic (exact) mass is 368 g/mol. The first-order chi connectivity index (χ1) is 12.7. The molecule has 136 valence electrons. The number of anilines is 1. The van der Waals surface area contributed by atoms with Crippen LogP contribution in [0.1, 0.15) is 44.7 Å². The molecule has 2 aromatic rings.